The summed E-state index contributed by atoms with van der Waals surface area (Å²) in [6.45, 7) is 8.60. The van der Waals surface area contributed by atoms with Crippen LogP contribution in [-0.4, -0.2) is 26.2 Å². The van der Waals surface area contributed by atoms with Crippen molar-refractivity contribution in [3.63, 3.8) is 0 Å². The van der Waals surface area contributed by atoms with Crippen molar-refractivity contribution in [3.8, 4) is 0 Å². The molecule has 0 aliphatic rings. The first kappa shape index (κ1) is 19.6. The van der Waals surface area contributed by atoms with Gasteiger partial charge in [0.25, 0.3) is 0 Å². The Labute approximate surface area is 138 Å². The molecule has 0 fully saturated rings. The van der Waals surface area contributed by atoms with E-state index in [1.165, 1.54) is 0 Å². The lowest BCUT2D eigenvalue weighted by atomic mass is 10.4. The quantitative estimate of drug-likeness (QED) is 0.640. The lowest BCUT2D eigenvalue weighted by Crippen LogP contribution is -2.51. The monoisotopic (exact) mass is 338 g/mol. The van der Waals surface area contributed by atoms with Gasteiger partial charge in [0.2, 0.25) is 16.6 Å². The molecule has 0 heterocycles. The highest BCUT2D eigenvalue weighted by Gasteiger charge is 2.34. The molecule has 22 heavy (non-hydrogen) atoms. The van der Waals surface area contributed by atoms with E-state index in [9.17, 15) is 9.59 Å². The Bertz CT molecular complexity index is 378. The van der Waals surface area contributed by atoms with E-state index in [-0.39, 0.29) is 0 Å². The molecule has 0 bridgehead atoms. The molecule has 1 aromatic carbocycles. The molecule has 2 N–H and O–H groups in total. The van der Waals surface area contributed by atoms with Crippen molar-refractivity contribution >= 4 is 27.0 Å². The Hall–Kier alpha value is -0.426. The molecule has 0 saturated carbocycles. The van der Waals surface area contributed by atoms with Crippen LogP contribution >= 0.6 is 0 Å². The van der Waals surface area contributed by atoms with Gasteiger partial charge in [-0.25, -0.2) is 0 Å². The first-order chi connectivity index (χ1) is 10.5. The minimum Gasteiger partial charge on any atom is -0.427 e. The van der Waals surface area contributed by atoms with Gasteiger partial charge in [-0.05, 0) is 34.5 Å². The van der Waals surface area contributed by atoms with Gasteiger partial charge in [0.1, 0.15) is 0 Å². The maximum atomic E-state index is 11.1. The van der Waals surface area contributed by atoms with Crippen molar-refractivity contribution in [1.82, 2.24) is 0 Å². The molecule has 1 rings (SSSR count). The van der Waals surface area contributed by atoms with Crippen LogP contribution in [0.5, 0.6) is 0 Å². The molecule has 0 aliphatic heterocycles. The van der Waals surface area contributed by atoms with Crippen LogP contribution in [0, 0.1) is 0 Å². The molecule has 2 nitrogen and oxygen atoms in total. The van der Waals surface area contributed by atoms with Crippen LogP contribution < -0.4 is 10.4 Å². The van der Waals surface area contributed by atoms with Crippen molar-refractivity contribution in [2.75, 3.05) is 0 Å². The highest BCUT2D eigenvalue weighted by atomic mass is 28.4. The third-order valence-electron chi connectivity index (χ3n) is 4.61. The van der Waals surface area contributed by atoms with E-state index in [0.717, 1.165) is 60.2 Å². The van der Waals surface area contributed by atoms with E-state index < -0.39 is 16.6 Å². The lowest BCUT2D eigenvalue weighted by Gasteiger charge is -2.28. The fraction of sp³-hybridized carbons (Fsp3) is 0.667. The van der Waals surface area contributed by atoms with Crippen molar-refractivity contribution in [2.24, 2.45) is 0 Å². The Balaban J connectivity index is 3.06. The Morgan fingerprint density at radius 1 is 0.591 bits per heavy atom. The number of hydrogen-bond donors (Lipinski definition) is 2. The van der Waals surface area contributed by atoms with Gasteiger partial charge in [-0.3, -0.25) is 0 Å². The lowest BCUT2D eigenvalue weighted by molar-refractivity contribution is 0.538. The van der Waals surface area contributed by atoms with Crippen molar-refractivity contribution in [2.45, 2.75) is 77.6 Å². The second kappa shape index (κ2) is 9.01. The summed E-state index contributed by atoms with van der Waals surface area (Å²) in [7, 11) is -4.62. The summed E-state index contributed by atoms with van der Waals surface area (Å²) in [5.41, 5.74) is 0. The molecular formula is C18H34O2Si2. The van der Waals surface area contributed by atoms with E-state index in [1.54, 1.807) is 0 Å². The van der Waals surface area contributed by atoms with Crippen LogP contribution in [0.3, 0.4) is 0 Å². The smallest absolute Gasteiger partial charge is 0.220 e. The Morgan fingerprint density at radius 2 is 0.818 bits per heavy atom. The third kappa shape index (κ3) is 4.78. The van der Waals surface area contributed by atoms with Crippen molar-refractivity contribution in [3.05, 3.63) is 24.3 Å². The molecule has 0 radical (unpaired) electrons. The van der Waals surface area contributed by atoms with Crippen LogP contribution in [-0.2, 0) is 0 Å². The molecule has 0 saturated heterocycles. The van der Waals surface area contributed by atoms with Gasteiger partial charge < -0.3 is 9.59 Å². The predicted octanol–water partition coefficient (Wildman–Crippen LogP) is 3.62. The topological polar surface area (TPSA) is 40.5 Å². The van der Waals surface area contributed by atoms with Crippen LogP contribution in [0.25, 0.3) is 0 Å². The standard InChI is InChI=1S/C18H34O2Si2/c1-5-13-21(19,14-6-2)17-9-11-18(12-10-17)22(20,15-7-3)16-8-4/h9-12,19-20H,5-8,13-16H2,1-4H3. The average Bonchev–Trinajstić information content (AvgIpc) is 2.48. The van der Waals surface area contributed by atoms with Crippen LogP contribution in [0.1, 0.15) is 53.4 Å². The number of rotatable bonds is 10. The summed E-state index contributed by atoms with van der Waals surface area (Å²) >= 11 is 0. The Morgan fingerprint density at radius 3 is 1.00 bits per heavy atom. The van der Waals surface area contributed by atoms with Crippen LogP contribution in [0.2, 0.25) is 24.2 Å². The van der Waals surface area contributed by atoms with E-state index in [2.05, 4.69) is 52.0 Å². The van der Waals surface area contributed by atoms with E-state index in [1.807, 2.05) is 0 Å². The zero-order valence-corrected chi connectivity index (χ0v) is 16.9. The van der Waals surface area contributed by atoms with E-state index in [0.29, 0.717) is 0 Å². The maximum Gasteiger partial charge on any atom is 0.220 e. The molecule has 126 valence electrons. The third-order valence-corrected chi connectivity index (χ3v) is 12.7. The van der Waals surface area contributed by atoms with Gasteiger partial charge in [0.15, 0.2) is 0 Å². The van der Waals surface area contributed by atoms with E-state index in [4.69, 9.17) is 0 Å². The molecule has 0 unspecified atom stereocenters. The van der Waals surface area contributed by atoms with Gasteiger partial charge in [-0.15, -0.1) is 0 Å². The first-order valence-electron chi connectivity index (χ1n) is 9.01. The van der Waals surface area contributed by atoms with Gasteiger partial charge in [-0.2, -0.15) is 0 Å². The summed E-state index contributed by atoms with van der Waals surface area (Å²) in [4.78, 5) is 22.1. The van der Waals surface area contributed by atoms with Crippen molar-refractivity contribution < 1.29 is 9.59 Å². The predicted molar refractivity (Wildman–Crippen MR) is 102 cm³/mol. The van der Waals surface area contributed by atoms with Gasteiger partial charge in [0, 0.05) is 0 Å². The van der Waals surface area contributed by atoms with Gasteiger partial charge >= 0.3 is 0 Å². The Kier molecular flexibility index (Phi) is 8.04. The zero-order chi connectivity index (χ0) is 16.6. The number of hydrogen-bond acceptors (Lipinski definition) is 2. The SMILES string of the molecule is CCC[Si](O)(CCC)c1ccc([Si](O)(CCC)CCC)cc1. The molecular weight excluding hydrogens is 304 g/mol. The molecule has 4 heteroatoms. The molecule has 0 amide bonds. The maximum absolute atomic E-state index is 11.1. The van der Waals surface area contributed by atoms with Gasteiger partial charge in [-0.1, -0.05) is 77.6 Å². The zero-order valence-electron chi connectivity index (χ0n) is 14.9. The summed E-state index contributed by atoms with van der Waals surface area (Å²) < 4.78 is 0. The minimum absolute atomic E-state index is 0.936. The minimum atomic E-state index is -2.31. The van der Waals surface area contributed by atoms with Crippen LogP contribution in [0.15, 0.2) is 24.3 Å². The van der Waals surface area contributed by atoms with Gasteiger partial charge in [0.05, 0.1) is 0 Å². The van der Waals surface area contributed by atoms with Crippen molar-refractivity contribution in [1.29, 1.82) is 0 Å². The molecule has 0 aliphatic carbocycles. The summed E-state index contributed by atoms with van der Waals surface area (Å²) in [5.74, 6) is 0. The largest absolute Gasteiger partial charge is 0.427 e. The summed E-state index contributed by atoms with van der Waals surface area (Å²) in [6.07, 6.45) is 4.15. The summed E-state index contributed by atoms with van der Waals surface area (Å²) in [5, 5.41) is 2.29. The average molecular weight is 339 g/mol. The molecule has 1 aromatic rings. The number of benzene rings is 1. The first-order valence-corrected chi connectivity index (χ1v) is 13.7. The molecule has 0 atom stereocenters. The molecule has 0 spiro atoms. The molecule has 0 aromatic heterocycles. The summed E-state index contributed by atoms with van der Waals surface area (Å²) in [6, 6.07) is 12.2. The second-order valence-electron chi connectivity index (χ2n) is 6.64. The second-order valence-corrected chi connectivity index (χ2v) is 13.9. The normalized spacial score (nSPS) is 12.6. The fourth-order valence-electron chi connectivity index (χ4n) is 3.57. The van der Waals surface area contributed by atoms with E-state index >= 15 is 0 Å². The van der Waals surface area contributed by atoms with Crippen LogP contribution in [0.4, 0.5) is 0 Å². The highest BCUT2D eigenvalue weighted by molar-refractivity contribution is 6.87. The fourth-order valence-corrected chi connectivity index (χ4v) is 10.1. The highest BCUT2D eigenvalue weighted by Crippen LogP contribution is 2.19.